The number of nitrogens with two attached hydrogens (primary N) is 1. The summed E-state index contributed by atoms with van der Waals surface area (Å²) in [6.07, 6.45) is -0.446. The summed E-state index contributed by atoms with van der Waals surface area (Å²) in [5, 5.41) is 11.0. The minimum absolute atomic E-state index is 0.320. The summed E-state index contributed by atoms with van der Waals surface area (Å²) in [5.41, 5.74) is 6.88. The van der Waals surface area contributed by atoms with Crippen LogP contribution in [0.15, 0.2) is 5.51 Å². The molecule has 0 saturated heterocycles. The maximum Gasteiger partial charge on any atom is 0.326 e. The van der Waals surface area contributed by atoms with E-state index in [4.69, 9.17) is 10.8 Å². The number of thiazole rings is 1. The van der Waals surface area contributed by atoms with Crippen molar-refractivity contribution in [2.45, 2.75) is 19.4 Å². The number of carboxylic acids is 1. The van der Waals surface area contributed by atoms with Crippen molar-refractivity contribution >= 4 is 29.1 Å². The lowest BCUT2D eigenvalue weighted by atomic mass is 10.2. The summed E-state index contributed by atoms with van der Waals surface area (Å²) in [4.78, 5) is 37.3. The molecule has 0 bridgehead atoms. The van der Waals surface area contributed by atoms with Gasteiger partial charge in [0.05, 0.1) is 17.6 Å². The van der Waals surface area contributed by atoms with Crippen LogP contribution in [0.2, 0.25) is 0 Å². The molecule has 2 amide bonds. The van der Waals surface area contributed by atoms with Gasteiger partial charge in [0.1, 0.15) is 10.9 Å². The van der Waals surface area contributed by atoms with Crippen LogP contribution in [0.1, 0.15) is 21.8 Å². The maximum atomic E-state index is 11.7. The van der Waals surface area contributed by atoms with Crippen LogP contribution in [-0.2, 0) is 9.59 Å². The SMILES string of the molecule is Cc1ncsc1C(=O)NC(CC(N)=O)C(=O)O. The van der Waals surface area contributed by atoms with Gasteiger partial charge in [-0.25, -0.2) is 9.78 Å². The number of aliphatic carboxylic acids is 1. The number of nitrogens with one attached hydrogen (secondary N) is 1. The Bertz CT molecular complexity index is 457. The normalized spacial score (nSPS) is 11.8. The minimum atomic E-state index is -1.32. The molecule has 0 aliphatic carbocycles. The molecule has 0 radical (unpaired) electrons. The Morgan fingerprint density at radius 1 is 1.59 bits per heavy atom. The second kappa shape index (κ2) is 5.39. The van der Waals surface area contributed by atoms with Crippen molar-refractivity contribution in [1.82, 2.24) is 10.3 Å². The quantitative estimate of drug-likeness (QED) is 0.657. The number of aromatic nitrogens is 1. The molecule has 1 unspecified atom stereocenters. The van der Waals surface area contributed by atoms with Gasteiger partial charge in [0, 0.05) is 0 Å². The zero-order chi connectivity index (χ0) is 13.0. The second-order valence-corrected chi connectivity index (χ2v) is 4.16. The number of primary amides is 1. The fourth-order valence-electron chi connectivity index (χ4n) is 1.14. The highest BCUT2D eigenvalue weighted by molar-refractivity contribution is 7.11. The maximum absolute atomic E-state index is 11.7. The third-order valence-corrected chi connectivity index (χ3v) is 2.89. The van der Waals surface area contributed by atoms with E-state index in [1.165, 1.54) is 5.51 Å². The lowest BCUT2D eigenvalue weighted by Crippen LogP contribution is -2.43. The van der Waals surface area contributed by atoms with E-state index in [9.17, 15) is 14.4 Å². The highest BCUT2D eigenvalue weighted by Gasteiger charge is 2.24. The molecule has 17 heavy (non-hydrogen) atoms. The molecule has 4 N–H and O–H groups in total. The molecule has 0 aliphatic heterocycles. The van der Waals surface area contributed by atoms with E-state index in [1.807, 2.05) is 0 Å². The van der Waals surface area contributed by atoms with Crippen LogP contribution in [0.5, 0.6) is 0 Å². The van der Waals surface area contributed by atoms with Gasteiger partial charge >= 0.3 is 5.97 Å². The van der Waals surface area contributed by atoms with Crippen molar-refractivity contribution in [1.29, 1.82) is 0 Å². The van der Waals surface area contributed by atoms with Crippen LogP contribution in [0, 0.1) is 6.92 Å². The summed E-state index contributed by atoms with van der Waals surface area (Å²) < 4.78 is 0. The predicted octanol–water partition coefficient (Wildman–Crippen LogP) is -0.490. The molecule has 0 spiro atoms. The number of nitrogens with zero attached hydrogens (tertiary/aromatic N) is 1. The predicted molar refractivity (Wildman–Crippen MR) is 59.6 cm³/mol. The van der Waals surface area contributed by atoms with Crippen molar-refractivity contribution in [3.8, 4) is 0 Å². The molecule has 1 atom stereocenters. The van der Waals surface area contributed by atoms with Gasteiger partial charge in [-0.15, -0.1) is 11.3 Å². The zero-order valence-electron chi connectivity index (χ0n) is 8.97. The van der Waals surface area contributed by atoms with E-state index in [-0.39, 0.29) is 0 Å². The van der Waals surface area contributed by atoms with Gasteiger partial charge < -0.3 is 16.2 Å². The molecule has 1 rings (SSSR count). The highest BCUT2D eigenvalue weighted by Crippen LogP contribution is 2.12. The van der Waals surface area contributed by atoms with Crippen molar-refractivity contribution < 1.29 is 19.5 Å². The molecule has 1 heterocycles. The van der Waals surface area contributed by atoms with E-state index in [0.29, 0.717) is 10.6 Å². The fraction of sp³-hybridized carbons (Fsp3) is 0.333. The Morgan fingerprint density at radius 2 is 2.24 bits per heavy atom. The Labute approximate surface area is 101 Å². The van der Waals surface area contributed by atoms with Crippen molar-refractivity contribution in [2.24, 2.45) is 5.73 Å². The Balaban J connectivity index is 2.74. The lowest BCUT2D eigenvalue weighted by molar-refractivity contribution is -0.140. The first-order chi connectivity index (χ1) is 7.91. The number of carboxylic acid groups (broad SMARTS) is 1. The third kappa shape index (κ3) is 3.52. The Kier molecular flexibility index (Phi) is 4.16. The number of amides is 2. The van der Waals surface area contributed by atoms with E-state index >= 15 is 0 Å². The Hall–Kier alpha value is -1.96. The Morgan fingerprint density at radius 3 is 2.65 bits per heavy atom. The van der Waals surface area contributed by atoms with Crippen molar-refractivity contribution in [2.75, 3.05) is 0 Å². The first-order valence-corrected chi connectivity index (χ1v) is 5.52. The fourth-order valence-corrected chi connectivity index (χ4v) is 1.85. The van der Waals surface area contributed by atoms with Crippen LogP contribution >= 0.6 is 11.3 Å². The number of carbonyl (C=O) groups is 3. The summed E-state index contributed by atoms with van der Waals surface area (Å²) >= 11 is 1.10. The summed E-state index contributed by atoms with van der Waals surface area (Å²) in [6, 6.07) is -1.32. The number of carbonyl (C=O) groups excluding carboxylic acids is 2. The number of hydrogen-bond donors (Lipinski definition) is 3. The van der Waals surface area contributed by atoms with E-state index in [2.05, 4.69) is 10.3 Å². The summed E-state index contributed by atoms with van der Waals surface area (Å²) in [5.74, 6) is -2.67. The van der Waals surface area contributed by atoms with Crippen LogP contribution in [0.25, 0.3) is 0 Å². The molecule has 1 aromatic rings. The number of rotatable bonds is 5. The van der Waals surface area contributed by atoms with Crippen molar-refractivity contribution in [3.05, 3.63) is 16.1 Å². The van der Waals surface area contributed by atoms with Crippen molar-refractivity contribution in [3.63, 3.8) is 0 Å². The molecule has 0 aliphatic rings. The second-order valence-electron chi connectivity index (χ2n) is 3.30. The molecular formula is C9H11N3O4S. The standard InChI is InChI=1S/C9H11N3O4S/c1-4-7(17-3-11-4)8(14)12-5(9(15)16)2-6(10)13/h3,5H,2H2,1H3,(H2,10,13)(H,12,14)(H,15,16). The average molecular weight is 257 g/mol. The van der Waals surface area contributed by atoms with Crippen LogP contribution in [-0.4, -0.2) is 33.9 Å². The van der Waals surface area contributed by atoms with E-state index in [1.54, 1.807) is 6.92 Å². The van der Waals surface area contributed by atoms with Gasteiger partial charge in [0.15, 0.2) is 0 Å². The van der Waals surface area contributed by atoms with Gasteiger partial charge in [-0.05, 0) is 6.92 Å². The molecule has 8 heteroatoms. The number of aryl methyl sites for hydroxylation is 1. The van der Waals surface area contributed by atoms with E-state index < -0.39 is 30.2 Å². The first kappa shape index (κ1) is 13.1. The summed E-state index contributed by atoms with van der Waals surface area (Å²) in [6.45, 7) is 1.63. The molecule has 0 saturated carbocycles. The van der Waals surface area contributed by atoms with Crippen LogP contribution in [0.4, 0.5) is 0 Å². The van der Waals surface area contributed by atoms with Crippen LogP contribution < -0.4 is 11.1 Å². The molecule has 0 fully saturated rings. The summed E-state index contributed by atoms with van der Waals surface area (Å²) in [7, 11) is 0. The van der Waals surface area contributed by atoms with Gasteiger partial charge in [-0.2, -0.15) is 0 Å². The lowest BCUT2D eigenvalue weighted by Gasteiger charge is -2.11. The molecule has 92 valence electrons. The molecule has 0 aromatic carbocycles. The monoisotopic (exact) mass is 257 g/mol. The van der Waals surface area contributed by atoms with Gasteiger partial charge in [0.2, 0.25) is 5.91 Å². The van der Waals surface area contributed by atoms with Gasteiger partial charge in [-0.3, -0.25) is 9.59 Å². The smallest absolute Gasteiger partial charge is 0.326 e. The van der Waals surface area contributed by atoms with Gasteiger partial charge in [0.25, 0.3) is 5.91 Å². The molecule has 1 aromatic heterocycles. The minimum Gasteiger partial charge on any atom is -0.480 e. The average Bonchev–Trinajstić information content (AvgIpc) is 2.62. The highest BCUT2D eigenvalue weighted by atomic mass is 32.1. The first-order valence-electron chi connectivity index (χ1n) is 4.64. The third-order valence-electron chi connectivity index (χ3n) is 1.96. The van der Waals surface area contributed by atoms with E-state index in [0.717, 1.165) is 11.3 Å². The topological polar surface area (TPSA) is 122 Å². The molecule has 7 nitrogen and oxygen atoms in total. The van der Waals surface area contributed by atoms with Gasteiger partial charge in [-0.1, -0.05) is 0 Å². The van der Waals surface area contributed by atoms with Crippen LogP contribution in [0.3, 0.4) is 0 Å². The largest absolute Gasteiger partial charge is 0.480 e. The zero-order valence-corrected chi connectivity index (χ0v) is 9.78. The molecular weight excluding hydrogens is 246 g/mol. The number of hydrogen-bond acceptors (Lipinski definition) is 5.